The molecular weight excluding hydrogens is 631 g/mol. The summed E-state index contributed by atoms with van der Waals surface area (Å²) in [5.74, 6) is 2.71. The van der Waals surface area contributed by atoms with Crippen LogP contribution in [0.4, 0.5) is 0 Å². The molecule has 7 rings (SSSR count). The molecule has 0 aromatic heterocycles. The second-order valence-corrected chi connectivity index (χ2v) is 19.6. The van der Waals surface area contributed by atoms with E-state index in [-0.39, 0.29) is 10.8 Å². The topological polar surface area (TPSA) is 72.9 Å². The SMILES string of the molecule is C=C(C)[C@@H]1CC[C@]2(CNCCC(=O)N3CCN(C)CC3)CC[C@]3(C)[C@H](CC[C@@H]4[C@@]5(C)CC=C(c6ccc(C(=O)O)cc6)C(C)(C)[C@@H]5CC[C@]43C)[C@@H]12. The predicted molar refractivity (Wildman–Crippen MR) is 207 cm³/mol. The molecule has 1 aromatic rings. The van der Waals surface area contributed by atoms with Crippen LogP contribution >= 0.6 is 0 Å². The van der Waals surface area contributed by atoms with Crippen LogP contribution in [0.3, 0.4) is 0 Å². The summed E-state index contributed by atoms with van der Waals surface area (Å²) in [6.45, 7) is 25.5. The molecule has 0 spiro atoms. The number of aromatic carboxylic acids is 1. The van der Waals surface area contributed by atoms with E-state index in [0.717, 1.165) is 45.7 Å². The van der Waals surface area contributed by atoms with Crippen molar-refractivity contribution in [1.82, 2.24) is 15.1 Å². The fourth-order valence-electron chi connectivity index (χ4n) is 14.2. The number of piperazine rings is 1. The number of benzene rings is 1. The summed E-state index contributed by atoms with van der Waals surface area (Å²) in [5, 5.41) is 13.4. The van der Waals surface area contributed by atoms with Crippen LogP contribution in [0, 0.1) is 56.7 Å². The fourth-order valence-corrected chi connectivity index (χ4v) is 14.2. The zero-order chi connectivity index (χ0) is 36.6. The number of nitrogens with zero attached hydrogens (tertiary/aromatic N) is 2. The van der Waals surface area contributed by atoms with Crippen LogP contribution in [-0.4, -0.2) is 73.1 Å². The van der Waals surface area contributed by atoms with Gasteiger partial charge in [0.2, 0.25) is 5.91 Å². The van der Waals surface area contributed by atoms with Gasteiger partial charge in [-0.3, -0.25) is 4.79 Å². The van der Waals surface area contributed by atoms with Gasteiger partial charge in [0.25, 0.3) is 0 Å². The molecular formula is C45H67N3O3. The van der Waals surface area contributed by atoms with E-state index in [1.807, 2.05) is 12.1 Å². The number of amides is 1. The average Bonchev–Trinajstić information content (AvgIpc) is 3.47. The standard InChI is InChI=1S/C45H67N3O3/c1-30(2)33-15-21-45(29-46-24-18-38(49)48-27-25-47(8)26-28-48)23-22-43(6)35(39(33)45)13-14-37-42(5)19-16-34(31-9-11-32(12-10-31)40(50)51)41(3,4)36(42)17-20-44(37,43)7/h9-12,16,33,35-37,39,46H,1,13-15,17-29H2,2-8H3,(H,50,51)/t33-,35+,36-,37+,39+,42-,43+,44+,45+/m0/s1. The summed E-state index contributed by atoms with van der Waals surface area (Å²) in [4.78, 5) is 29.0. The highest BCUT2D eigenvalue weighted by Gasteiger charge is 2.70. The maximum atomic E-state index is 13.0. The Morgan fingerprint density at radius 1 is 0.882 bits per heavy atom. The minimum absolute atomic E-state index is 0.0203. The molecule has 5 fully saturated rings. The van der Waals surface area contributed by atoms with Crippen molar-refractivity contribution in [2.45, 2.75) is 106 Å². The number of fused-ring (bicyclic) bond motifs is 7. The van der Waals surface area contributed by atoms with Crippen molar-refractivity contribution in [3.05, 3.63) is 53.6 Å². The van der Waals surface area contributed by atoms with Crippen molar-refractivity contribution in [2.75, 3.05) is 46.3 Å². The van der Waals surface area contributed by atoms with Crippen molar-refractivity contribution in [2.24, 2.45) is 56.7 Å². The number of carbonyl (C=O) groups excluding carboxylic acids is 1. The Morgan fingerprint density at radius 2 is 1.59 bits per heavy atom. The quantitative estimate of drug-likeness (QED) is 0.210. The third-order valence-corrected chi connectivity index (χ3v) is 17.1. The van der Waals surface area contributed by atoms with Gasteiger partial charge in [-0.25, -0.2) is 4.79 Å². The summed E-state index contributed by atoms with van der Waals surface area (Å²) in [7, 11) is 2.14. The van der Waals surface area contributed by atoms with E-state index in [1.54, 1.807) is 12.1 Å². The minimum atomic E-state index is -0.863. The highest BCUT2D eigenvalue weighted by atomic mass is 16.4. The van der Waals surface area contributed by atoms with Crippen LogP contribution < -0.4 is 5.32 Å². The Balaban J connectivity index is 1.11. The molecule has 9 atom stereocenters. The Kier molecular flexibility index (Phi) is 9.51. The second kappa shape index (κ2) is 13.1. The van der Waals surface area contributed by atoms with Crippen molar-refractivity contribution >= 4 is 17.4 Å². The normalized spacial score (nSPS) is 40.3. The molecule has 6 aliphatic rings. The first kappa shape index (κ1) is 36.9. The average molecular weight is 698 g/mol. The molecule has 1 aromatic carbocycles. The van der Waals surface area contributed by atoms with Crippen LogP contribution in [-0.2, 0) is 4.79 Å². The second-order valence-electron chi connectivity index (χ2n) is 19.6. The van der Waals surface area contributed by atoms with Gasteiger partial charge in [-0.2, -0.15) is 0 Å². The highest BCUT2D eigenvalue weighted by molar-refractivity contribution is 5.88. The lowest BCUT2D eigenvalue weighted by molar-refractivity contribution is -0.225. The summed E-state index contributed by atoms with van der Waals surface area (Å²) in [6.07, 6.45) is 14.6. The maximum Gasteiger partial charge on any atom is 0.335 e. The zero-order valence-electron chi connectivity index (χ0n) is 33.0. The zero-order valence-corrected chi connectivity index (χ0v) is 33.0. The molecule has 0 unspecified atom stereocenters. The van der Waals surface area contributed by atoms with Gasteiger partial charge >= 0.3 is 5.97 Å². The number of hydrogen-bond acceptors (Lipinski definition) is 4. The number of rotatable bonds is 8. The molecule has 6 heteroatoms. The Hall–Kier alpha value is -2.44. The lowest BCUT2D eigenvalue weighted by Gasteiger charge is -2.72. The van der Waals surface area contributed by atoms with E-state index in [0.29, 0.717) is 63.7 Å². The van der Waals surface area contributed by atoms with Gasteiger partial charge in [-0.1, -0.05) is 65.0 Å². The smallest absolute Gasteiger partial charge is 0.335 e. The molecule has 51 heavy (non-hydrogen) atoms. The number of likely N-dealkylation sites (N-methyl/N-ethyl adjacent to an activating group) is 1. The third-order valence-electron chi connectivity index (χ3n) is 17.1. The largest absolute Gasteiger partial charge is 0.478 e. The number of carbonyl (C=O) groups is 2. The van der Waals surface area contributed by atoms with Gasteiger partial charge in [-0.15, -0.1) is 0 Å². The number of hydrogen-bond donors (Lipinski definition) is 2. The van der Waals surface area contributed by atoms with Crippen molar-refractivity contribution < 1.29 is 14.7 Å². The van der Waals surface area contributed by atoms with E-state index in [9.17, 15) is 14.7 Å². The molecule has 0 bridgehead atoms. The first-order chi connectivity index (χ1) is 24.1. The first-order valence-electron chi connectivity index (χ1n) is 20.4. The molecule has 1 heterocycles. The van der Waals surface area contributed by atoms with Gasteiger partial charge < -0.3 is 20.2 Å². The van der Waals surface area contributed by atoms with Crippen LogP contribution in [0.2, 0.25) is 0 Å². The maximum absolute atomic E-state index is 13.0. The van der Waals surface area contributed by atoms with E-state index < -0.39 is 5.97 Å². The van der Waals surface area contributed by atoms with Gasteiger partial charge in [0.05, 0.1) is 5.56 Å². The molecule has 1 saturated heterocycles. The third kappa shape index (κ3) is 5.79. The van der Waals surface area contributed by atoms with E-state index in [2.05, 4.69) is 76.4 Å². The predicted octanol–water partition coefficient (Wildman–Crippen LogP) is 8.79. The van der Waals surface area contributed by atoms with Crippen LogP contribution in [0.1, 0.15) is 122 Å². The lowest BCUT2D eigenvalue weighted by atomic mass is 9.32. The minimum Gasteiger partial charge on any atom is -0.478 e. The Morgan fingerprint density at radius 3 is 2.25 bits per heavy atom. The van der Waals surface area contributed by atoms with E-state index in [1.165, 1.54) is 68.1 Å². The van der Waals surface area contributed by atoms with Crippen molar-refractivity contribution in [3.8, 4) is 0 Å². The van der Waals surface area contributed by atoms with E-state index in [4.69, 9.17) is 0 Å². The summed E-state index contributed by atoms with van der Waals surface area (Å²) in [5.41, 5.74) is 5.49. The van der Waals surface area contributed by atoms with Gasteiger partial charge in [-0.05, 0) is 152 Å². The summed E-state index contributed by atoms with van der Waals surface area (Å²) in [6, 6.07) is 7.62. The highest BCUT2D eigenvalue weighted by Crippen LogP contribution is 2.77. The monoisotopic (exact) mass is 698 g/mol. The molecule has 6 nitrogen and oxygen atoms in total. The van der Waals surface area contributed by atoms with Gasteiger partial charge in [0.1, 0.15) is 0 Å². The Bertz CT molecular complexity index is 1560. The van der Waals surface area contributed by atoms with Crippen LogP contribution in [0.15, 0.2) is 42.5 Å². The molecule has 2 N–H and O–H groups in total. The lowest BCUT2D eigenvalue weighted by Crippen LogP contribution is -2.65. The van der Waals surface area contributed by atoms with Gasteiger partial charge in [0, 0.05) is 45.7 Å². The number of allylic oxidation sites excluding steroid dienone is 3. The number of carboxylic acids is 1. The van der Waals surface area contributed by atoms with Gasteiger partial charge in [0.15, 0.2) is 0 Å². The number of nitrogens with one attached hydrogen (secondary N) is 1. The fraction of sp³-hybridized carbons (Fsp3) is 0.733. The van der Waals surface area contributed by atoms with Crippen molar-refractivity contribution in [3.63, 3.8) is 0 Å². The summed E-state index contributed by atoms with van der Waals surface area (Å²) >= 11 is 0. The number of carboxylic acid groups (broad SMARTS) is 1. The molecule has 0 radical (unpaired) electrons. The van der Waals surface area contributed by atoms with Crippen molar-refractivity contribution in [1.29, 1.82) is 0 Å². The first-order valence-corrected chi connectivity index (χ1v) is 20.4. The van der Waals surface area contributed by atoms with Crippen LogP contribution in [0.5, 0.6) is 0 Å². The summed E-state index contributed by atoms with van der Waals surface area (Å²) < 4.78 is 0. The Labute approximate surface area is 308 Å². The molecule has 1 amide bonds. The molecule has 4 saturated carbocycles. The molecule has 1 aliphatic heterocycles. The molecule has 5 aliphatic carbocycles. The molecule has 280 valence electrons. The van der Waals surface area contributed by atoms with Crippen LogP contribution in [0.25, 0.3) is 5.57 Å². The van der Waals surface area contributed by atoms with E-state index >= 15 is 0 Å².